The third-order valence-corrected chi connectivity index (χ3v) is 5.87. The Bertz CT molecular complexity index is 1040. The summed E-state index contributed by atoms with van der Waals surface area (Å²) in [5.41, 5.74) is 6.02. The van der Waals surface area contributed by atoms with E-state index in [9.17, 15) is 5.26 Å². The molecule has 1 aliphatic rings. The average molecular weight is 365 g/mol. The third-order valence-electron chi connectivity index (χ3n) is 5.87. The van der Waals surface area contributed by atoms with Crippen molar-refractivity contribution in [2.75, 3.05) is 0 Å². The highest BCUT2D eigenvalue weighted by molar-refractivity contribution is 5.70. The van der Waals surface area contributed by atoms with Crippen LogP contribution >= 0.6 is 0 Å². The van der Waals surface area contributed by atoms with Gasteiger partial charge in [0.2, 0.25) is 0 Å². The van der Waals surface area contributed by atoms with Crippen molar-refractivity contribution in [2.45, 2.75) is 26.2 Å². The van der Waals surface area contributed by atoms with Crippen LogP contribution in [0.1, 0.15) is 42.3 Å². The fourth-order valence-electron chi connectivity index (χ4n) is 4.02. The van der Waals surface area contributed by atoms with Gasteiger partial charge in [-0.2, -0.15) is 5.26 Å². The fraction of sp³-hybridized carbons (Fsp3) is 0.240. The van der Waals surface area contributed by atoms with Gasteiger partial charge in [-0.05, 0) is 48.1 Å². The molecule has 138 valence electrons. The van der Waals surface area contributed by atoms with Crippen LogP contribution in [0.2, 0.25) is 0 Å². The summed E-state index contributed by atoms with van der Waals surface area (Å²) in [5, 5.41) is 9.30. The molecular formula is C25H23N3. The maximum absolute atomic E-state index is 9.30. The van der Waals surface area contributed by atoms with Crippen LogP contribution in [0, 0.1) is 23.2 Å². The summed E-state index contributed by atoms with van der Waals surface area (Å²) in [6, 6.07) is 18.1. The van der Waals surface area contributed by atoms with E-state index in [1.54, 1.807) is 0 Å². The van der Waals surface area contributed by atoms with Gasteiger partial charge in [0.1, 0.15) is 0 Å². The maximum atomic E-state index is 9.30. The molecule has 1 aliphatic carbocycles. The van der Waals surface area contributed by atoms with E-state index in [2.05, 4.69) is 48.1 Å². The molecule has 2 aromatic heterocycles. The largest absolute Gasteiger partial charge is 0.260 e. The van der Waals surface area contributed by atoms with Crippen LogP contribution in [0.3, 0.4) is 0 Å². The molecule has 2 heterocycles. The molecule has 28 heavy (non-hydrogen) atoms. The lowest BCUT2D eigenvalue weighted by Crippen LogP contribution is -2.25. The Morgan fingerprint density at radius 3 is 2.68 bits per heavy atom. The normalized spacial score (nSPS) is 21.2. The van der Waals surface area contributed by atoms with E-state index in [0.717, 1.165) is 23.2 Å². The number of fused-ring (bicyclic) bond motifs is 1. The average Bonchev–Trinajstić information content (AvgIpc) is 2.74. The van der Waals surface area contributed by atoms with Crippen molar-refractivity contribution < 1.29 is 0 Å². The first-order valence-corrected chi connectivity index (χ1v) is 9.75. The molecule has 3 unspecified atom stereocenters. The van der Waals surface area contributed by atoms with Gasteiger partial charge in [0.15, 0.2) is 0 Å². The smallest absolute Gasteiger partial charge is 0.0998 e. The lowest BCUT2D eigenvalue weighted by Gasteiger charge is -2.33. The van der Waals surface area contributed by atoms with Gasteiger partial charge in [0, 0.05) is 29.4 Å². The number of allylic oxidation sites excluding steroid dienone is 1. The quantitative estimate of drug-likeness (QED) is 0.603. The van der Waals surface area contributed by atoms with Crippen molar-refractivity contribution in [2.24, 2.45) is 11.8 Å². The number of nitrogens with zero attached hydrogens (tertiary/aromatic N) is 3. The Kier molecular flexibility index (Phi) is 5.04. The minimum Gasteiger partial charge on any atom is -0.260 e. The lowest BCUT2D eigenvalue weighted by atomic mass is 9.72. The zero-order chi connectivity index (χ0) is 19.5. The number of hydrogen-bond acceptors (Lipinski definition) is 3. The molecule has 0 saturated heterocycles. The summed E-state index contributed by atoms with van der Waals surface area (Å²) >= 11 is 0. The van der Waals surface area contributed by atoms with Crippen LogP contribution in [0.4, 0.5) is 0 Å². The summed E-state index contributed by atoms with van der Waals surface area (Å²) in [7, 11) is 0. The molecule has 0 bridgehead atoms. The molecule has 0 N–H and O–H groups in total. The maximum Gasteiger partial charge on any atom is 0.0998 e. The minimum absolute atomic E-state index is 0.306. The molecule has 0 aliphatic heterocycles. The van der Waals surface area contributed by atoms with E-state index in [-0.39, 0.29) is 0 Å². The number of aromatic nitrogens is 2. The van der Waals surface area contributed by atoms with Crippen molar-refractivity contribution in [1.82, 2.24) is 9.97 Å². The van der Waals surface area contributed by atoms with E-state index in [0.29, 0.717) is 23.3 Å². The molecule has 0 spiro atoms. The standard InChI is InChI=1S/C25H23N3/c1-17-14-19-7-5-13-27-25(19)23(18(17)2)12-11-22-10-9-21(16-28-22)24-8-4-3-6-20(24)15-26/h3-13,16-18,23H,14H2,1-2H3/b12-11+. The molecule has 1 aromatic carbocycles. The first-order valence-electron chi connectivity index (χ1n) is 9.75. The van der Waals surface area contributed by atoms with Gasteiger partial charge < -0.3 is 0 Å². The molecule has 3 atom stereocenters. The van der Waals surface area contributed by atoms with E-state index < -0.39 is 0 Å². The number of pyridine rings is 2. The first-order chi connectivity index (χ1) is 13.7. The van der Waals surface area contributed by atoms with E-state index in [1.165, 1.54) is 11.3 Å². The molecule has 0 saturated carbocycles. The predicted octanol–water partition coefficient (Wildman–Crippen LogP) is 5.64. The van der Waals surface area contributed by atoms with E-state index in [4.69, 9.17) is 0 Å². The molecular weight excluding hydrogens is 342 g/mol. The number of benzene rings is 1. The number of nitriles is 1. The van der Waals surface area contributed by atoms with Gasteiger partial charge in [-0.25, -0.2) is 0 Å². The van der Waals surface area contributed by atoms with Gasteiger partial charge in [0.05, 0.1) is 23.0 Å². The Morgan fingerprint density at radius 2 is 1.89 bits per heavy atom. The van der Waals surface area contributed by atoms with Crippen LogP contribution in [0.25, 0.3) is 17.2 Å². The van der Waals surface area contributed by atoms with Crippen LogP contribution in [-0.4, -0.2) is 9.97 Å². The zero-order valence-electron chi connectivity index (χ0n) is 16.2. The molecule has 3 aromatic rings. The Morgan fingerprint density at radius 1 is 1.04 bits per heavy atom. The van der Waals surface area contributed by atoms with Crippen LogP contribution in [0.5, 0.6) is 0 Å². The molecule has 0 fully saturated rings. The van der Waals surface area contributed by atoms with E-state index >= 15 is 0 Å². The Hall–Kier alpha value is -3.25. The second kappa shape index (κ2) is 7.78. The highest BCUT2D eigenvalue weighted by Crippen LogP contribution is 2.39. The summed E-state index contributed by atoms with van der Waals surface area (Å²) in [4.78, 5) is 9.27. The Balaban J connectivity index is 1.60. The highest BCUT2D eigenvalue weighted by atomic mass is 14.7. The minimum atomic E-state index is 0.306. The van der Waals surface area contributed by atoms with Gasteiger partial charge in [0.25, 0.3) is 0 Å². The first kappa shape index (κ1) is 18.1. The number of hydrogen-bond donors (Lipinski definition) is 0. The van der Waals surface area contributed by atoms with Gasteiger partial charge >= 0.3 is 0 Å². The monoisotopic (exact) mass is 365 g/mol. The molecule has 4 rings (SSSR count). The highest BCUT2D eigenvalue weighted by Gasteiger charge is 2.30. The summed E-state index contributed by atoms with van der Waals surface area (Å²) < 4.78 is 0. The fourth-order valence-corrected chi connectivity index (χ4v) is 4.02. The second-order valence-electron chi connectivity index (χ2n) is 7.60. The van der Waals surface area contributed by atoms with Crippen molar-refractivity contribution in [3.63, 3.8) is 0 Å². The summed E-state index contributed by atoms with van der Waals surface area (Å²) in [6.45, 7) is 4.63. The number of rotatable bonds is 3. The third kappa shape index (κ3) is 3.46. The zero-order valence-corrected chi connectivity index (χ0v) is 16.2. The Labute approximate surface area is 166 Å². The summed E-state index contributed by atoms with van der Waals surface area (Å²) in [5.74, 6) is 1.48. The van der Waals surface area contributed by atoms with Gasteiger partial charge in [-0.3, -0.25) is 9.97 Å². The second-order valence-corrected chi connectivity index (χ2v) is 7.60. The molecule has 3 heteroatoms. The lowest BCUT2D eigenvalue weighted by molar-refractivity contribution is 0.327. The van der Waals surface area contributed by atoms with Crippen LogP contribution in [0.15, 0.2) is 67.0 Å². The van der Waals surface area contributed by atoms with Gasteiger partial charge in [-0.15, -0.1) is 0 Å². The topological polar surface area (TPSA) is 49.6 Å². The van der Waals surface area contributed by atoms with E-state index in [1.807, 2.05) is 54.9 Å². The van der Waals surface area contributed by atoms with Crippen molar-refractivity contribution in [3.05, 3.63) is 89.5 Å². The van der Waals surface area contributed by atoms with Gasteiger partial charge in [-0.1, -0.05) is 50.3 Å². The molecule has 0 radical (unpaired) electrons. The molecule has 0 amide bonds. The van der Waals surface area contributed by atoms with Crippen molar-refractivity contribution >= 4 is 6.08 Å². The van der Waals surface area contributed by atoms with Crippen LogP contribution in [-0.2, 0) is 6.42 Å². The SMILES string of the molecule is CC1Cc2cccnc2C(/C=C/c2ccc(-c3ccccc3C#N)cn2)C1C. The van der Waals surface area contributed by atoms with Crippen molar-refractivity contribution in [3.8, 4) is 17.2 Å². The van der Waals surface area contributed by atoms with Crippen molar-refractivity contribution in [1.29, 1.82) is 5.26 Å². The predicted molar refractivity (Wildman–Crippen MR) is 112 cm³/mol. The van der Waals surface area contributed by atoms with Crippen LogP contribution < -0.4 is 0 Å². The summed E-state index contributed by atoms with van der Waals surface area (Å²) in [6.07, 6.45) is 9.17. The molecule has 3 nitrogen and oxygen atoms in total.